The minimum Gasteiger partial charge on any atom is -0.493 e. The molecule has 1 aliphatic rings. The summed E-state index contributed by atoms with van der Waals surface area (Å²) < 4.78 is 49.7. The predicted octanol–water partition coefficient (Wildman–Crippen LogP) is 4.62. The molecule has 1 atom stereocenters. The number of halogens is 3. The number of hydrogen-bond donors (Lipinski definition) is 2. The zero-order chi connectivity index (χ0) is 23.6. The summed E-state index contributed by atoms with van der Waals surface area (Å²) in [5.74, 6) is -2.14. The Kier molecular flexibility index (Phi) is 6.47. The molecule has 170 valence electrons. The van der Waals surface area contributed by atoms with Gasteiger partial charge in [-0.25, -0.2) is 0 Å². The number of hydrogen-bond acceptors (Lipinski definition) is 5. The van der Waals surface area contributed by atoms with Crippen molar-refractivity contribution in [3.05, 3.63) is 64.4 Å². The molecule has 0 aliphatic heterocycles. The van der Waals surface area contributed by atoms with E-state index in [1.165, 1.54) is 25.4 Å². The standard InChI is InChI=1S/C23H23F3N2O4/c1-5-32-19-10-16-15(9-18(19)31-4)20(28-22(30)23(24,25)26)17(21(16)29)11-27-14-7-6-12(2)13(3)8-14/h6-11,20,27H,5H2,1-4H3,(H,28,30)/b17-11-/t20-/m0/s1. The van der Waals surface area contributed by atoms with Crippen LogP contribution in [0, 0.1) is 13.8 Å². The lowest BCUT2D eigenvalue weighted by Crippen LogP contribution is -2.39. The van der Waals surface area contributed by atoms with Gasteiger partial charge in [-0.05, 0) is 61.7 Å². The maximum Gasteiger partial charge on any atom is 0.471 e. The highest BCUT2D eigenvalue weighted by Gasteiger charge is 2.44. The van der Waals surface area contributed by atoms with Crippen LogP contribution < -0.4 is 20.1 Å². The van der Waals surface area contributed by atoms with Crippen LogP contribution in [0.5, 0.6) is 11.5 Å². The number of anilines is 1. The smallest absolute Gasteiger partial charge is 0.471 e. The average molecular weight is 448 g/mol. The maximum absolute atomic E-state index is 13.1. The molecule has 0 fully saturated rings. The summed E-state index contributed by atoms with van der Waals surface area (Å²) >= 11 is 0. The first-order chi connectivity index (χ1) is 15.1. The number of Topliss-reactive ketones (excluding diaryl/α,β-unsaturated/α-hetero) is 1. The van der Waals surface area contributed by atoms with Crippen molar-refractivity contribution in [2.75, 3.05) is 19.0 Å². The minimum atomic E-state index is -5.10. The number of methoxy groups -OCH3 is 1. The number of alkyl halides is 3. The number of carbonyl (C=O) groups is 2. The van der Waals surface area contributed by atoms with Gasteiger partial charge >= 0.3 is 12.1 Å². The average Bonchev–Trinajstić information content (AvgIpc) is 2.98. The van der Waals surface area contributed by atoms with Crippen LogP contribution in [0.15, 0.2) is 42.1 Å². The summed E-state index contributed by atoms with van der Waals surface area (Å²) in [4.78, 5) is 24.8. The highest BCUT2D eigenvalue weighted by molar-refractivity contribution is 6.15. The Hall–Kier alpha value is -3.49. The summed E-state index contributed by atoms with van der Waals surface area (Å²) in [6, 6.07) is 7.03. The van der Waals surface area contributed by atoms with Crippen LogP contribution in [0.3, 0.4) is 0 Å². The minimum absolute atomic E-state index is 0.0356. The van der Waals surface area contributed by atoms with E-state index >= 15 is 0 Å². The molecule has 9 heteroatoms. The lowest BCUT2D eigenvalue weighted by atomic mass is 10.1. The van der Waals surface area contributed by atoms with E-state index in [0.29, 0.717) is 12.3 Å². The van der Waals surface area contributed by atoms with Crippen LogP contribution in [-0.4, -0.2) is 31.6 Å². The summed E-state index contributed by atoms with van der Waals surface area (Å²) in [7, 11) is 1.38. The quantitative estimate of drug-likeness (QED) is 0.631. The highest BCUT2D eigenvalue weighted by Crippen LogP contribution is 2.42. The van der Waals surface area contributed by atoms with Crippen molar-refractivity contribution in [1.29, 1.82) is 0 Å². The molecule has 1 amide bonds. The zero-order valence-corrected chi connectivity index (χ0v) is 18.0. The Morgan fingerprint density at radius 3 is 2.44 bits per heavy atom. The molecule has 0 unspecified atom stereocenters. The van der Waals surface area contributed by atoms with E-state index in [1.54, 1.807) is 13.0 Å². The van der Waals surface area contributed by atoms with Gasteiger partial charge in [0.05, 0.1) is 19.8 Å². The summed E-state index contributed by atoms with van der Waals surface area (Å²) in [6.45, 7) is 5.91. The number of ketones is 1. The second-order valence-electron chi connectivity index (χ2n) is 7.30. The van der Waals surface area contributed by atoms with E-state index in [9.17, 15) is 22.8 Å². The van der Waals surface area contributed by atoms with Crippen molar-refractivity contribution < 1.29 is 32.2 Å². The monoisotopic (exact) mass is 448 g/mol. The lowest BCUT2D eigenvalue weighted by molar-refractivity contribution is -0.174. The van der Waals surface area contributed by atoms with E-state index in [2.05, 4.69) is 5.32 Å². The molecular weight excluding hydrogens is 425 g/mol. The van der Waals surface area contributed by atoms with Crippen LogP contribution in [-0.2, 0) is 4.79 Å². The first-order valence-electron chi connectivity index (χ1n) is 9.87. The van der Waals surface area contributed by atoms with Gasteiger partial charge in [-0.3, -0.25) is 9.59 Å². The normalized spacial score (nSPS) is 16.7. The van der Waals surface area contributed by atoms with Gasteiger partial charge in [0.2, 0.25) is 0 Å². The molecule has 2 aromatic carbocycles. The summed E-state index contributed by atoms with van der Waals surface area (Å²) in [5.41, 5.74) is 3.01. The molecular formula is C23H23F3N2O4. The fourth-order valence-corrected chi connectivity index (χ4v) is 3.40. The lowest BCUT2D eigenvalue weighted by Gasteiger charge is -2.18. The van der Waals surface area contributed by atoms with Crippen molar-refractivity contribution >= 4 is 17.4 Å². The third-order valence-corrected chi connectivity index (χ3v) is 5.20. The highest BCUT2D eigenvalue weighted by atomic mass is 19.4. The molecule has 0 aromatic heterocycles. The molecule has 6 nitrogen and oxygen atoms in total. The Morgan fingerprint density at radius 2 is 1.84 bits per heavy atom. The molecule has 0 saturated heterocycles. The largest absolute Gasteiger partial charge is 0.493 e. The van der Waals surface area contributed by atoms with Gasteiger partial charge in [0.1, 0.15) is 0 Å². The van der Waals surface area contributed by atoms with E-state index < -0.39 is 23.9 Å². The Labute approximate surface area is 183 Å². The first-order valence-corrected chi connectivity index (χ1v) is 9.87. The van der Waals surface area contributed by atoms with Gasteiger partial charge in [-0.15, -0.1) is 0 Å². The summed E-state index contributed by atoms with van der Waals surface area (Å²) in [6.07, 6.45) is -3.78. The first kappa shape index (κ1) is 23.2. The molecule has 32 heavy (non-hydrogen) atoms. The third-order valence-electron chi connectivity index (χ3n) is 5.20. The van der Waals surface area contributed by atoms with E-state index in [4.69, 9.17) is 9.47 Å². The number of carbonyl (C=O) groups excluding carboxylic acids is 2. The number of rotatable bonds is 6. The second-order valence-corrected chi connectivity index (χ2v) is 7.30. The van der Waals surface area contributed by atoms with Crippen LogP contribution in [0.4, 0.5) is 18.9 Å². The number of fused-ring (bicyclic) bond motifs is 1. The SMILES string of the molecule is CCOc1cc2c(cc1OC)[C@H](NC(=O)C(F)(F)F)/C(=C/Nc1ccc(C)c(C)c1)C2=O. The Bertz CT molecular complexity index is 1090. The second kappa shape index (κ2) is 8.94. The Balaban J connectivity index is 2.05. The van der Waals surface area contributed by atoms with Gasteiger partial charge in [0.15, 0.2) is 17.3 Å². The number of nitrogens with one attached hydrogen (secondary N) is 2. The van der Waals surface area contributed by atoms with E-state index in [0.717, 1.165) is 11.1 Å². The molecule has 3 rings (SSSR count). The number of ether oxygens (including phenoxy) is 2. The predicted molar refractivity (Wildman–Crippen MR) is 113 cm³/mol. The number of aryl methyl sites for hydroxylation is 2. The Morgan fingerprint density at radius 1 is 1.12 bits per heavy atom. The van der Waals surface area contributed by atoms with Gasteiger partial charge in [-0.2, -0.15) is 13.2 Å². The van der Waals surface area contributed by atoms with Gasteiger partial charge in [0, 0.05) is 23.0 Å². The van der Waals surface area contributed by atoms with Crippen molar-refractivity contribution in [3.63, 3.8) is 0 Å². The molecule has 0 heterocycles. The molecule has 0 spiro atoms. The molecule has 0 radical (unpaired) electrons. The number of benzene rings is 2. The van der Waals surface area contributed by atoms with Crippen LogP contribution in [0.25, 0.3) is 0 Å². The molecule has 0 saturated carbocycles. The zero-order valence-electron chi connectivity index (χ0n) is 18.0. The van der Waals surface area contributed by atoms with Crippen molar-refractivity contribution in [2.45, 2.75) is 33.0 Å². The maximum atomic E-state index is 13.1. The van der Waals surface area contributed by atoms with E-state index in [-0.39, 0.29) is 28.2 Å². The topological polar surface area (TPSA) is 76.7 Å². The van der Waals surface area contributed by atoms with Gasteiger partial charge in [0.25, 0.3) is 0 Å². The van der Waals surface area contributed by atoms with Gasteiger partial charge < -0.3 is 20.1 Å². The fraction of sp³-hybridized carbons (Fsp3) is 0.304. The van der Waals surface area contributed by atoms with Crippen LogP contribution in [0.1, 0.15) is 40.0 Å². The number of amides is 1. The van der Waals surface area contributed by atoms with Crippen molar-refractivity contribution in [1.82, 2.24) is 5.32 Å². The van der Waals surface area contributed by atoms with Crippen LogP contribution in [0.2, 0.25) is 0 Å². The fourth-order valence-electron chi connectivity index (χ4n) is 3.40. The van der Waals surface area contributed by atoms with E-state index in [1.807, 2.05) is 31.3 Å². The van der Waals surface area contributed by atoms with Crippen molar-refractivity contribution in [3.8, 4) is 11.5 Å². The molecule has 0 bridgehead atoms. The molecule has 1 aliphatic carbocycles. The van der Waals surface area contributed by atoms with Gasteiger partial charge in [-0.1, -0.05) is 6.07 Å². The molecule has 2 N–H and O–H groups in total. The molecule has 2 aromatic rings. The van der Waals surface area contributed by atoms with Crippen molar-refractivity contribution in [2.24, 2.45) is 0 Å². The summed E-state index contributed by atoms with van der Waals surface area (Å²) in [5, 5.41) is 4.88. The van der Waals surface area contributed by atoms with Crippen LogP contribution >= 0.6 is 0 Å². The third kappa shape index (κ3) is 4.56.